The van der Waals surface area contributed by atoms with Gasteiger partial charge in [-0.2, -0.15) is 11.8 Å². The lowest BCUT2D eigenvalue weighted by Gasteiger charge is -2.46. The van der Waals surface area contributed by atoms with Crippen LogP contribution >= 0.6 is 11.8 Å². The Labute approximate surface area is 104 Å². The van der Waals surface area contributed by atoms with E-state index in [1.807, 2.05) is 0 Å². The summed E-state index contributed by atoms with van der Waals surface area (Å²) in [6, 6.07) is 0.792. The van der Waals surface area contributed by atoms with Crippen molar-refractivity contribution < 1.29 is 0 Å². The molecule has 0 aliphatic carbocycles. The van der Waals surface area contributed by atoms with Crippen molar-refractivity contribution in [2.45, 2.75) is 43.4 Å². The van der Waals surface area contributed by atoms with Gasteiger partial charge in [-0.3, -0.25) is 0 Å². The highest BCUT2D eigenvalue weighted by atomic mass is 32.2. The molecule has 0 amide bonds. The average molecular weight is 240 g/mol. The fraction of sp³-hybridized carbons (Fsp3) is 1.00. The summed E-state index contributed by atoms with van der Waals surface area (Å²) in [6.45, 7) is 7.70. The molecule has 4 aliphatic heterocycles. The molecule has 4 aliphatic rings. The zero-order valence-corrected chi connectivity index (χ0v) is 11.2. The van der Waals surface area contributed by atoms with Crippen LogP contribution in [0.5, 0.6) is 0 Å². The summed E-state index contributed by atoms with van der Waals surface area (Å²) in [6.07, 6.45) is 5.69. The third-order valence-corrected chi connectivity index (χ3v) is 6.23. The number of nitrogens with one attached hydrogen (secondary N) is 1. The Balaban J connectivity index is 1.51. The number of piperidine rings is 3. The van der Waals surface area contributed by atoms with Crippen LogP contribution in [0.1, 0.15) is 32.6 Å². The first-order valence-electron chi connectivity index (χ1n) is 6.85. The molecule has 0 saturated carbocycles. The zero-order valence-electron chi connectivity index (χ0n) is 10.4. The number of hydrogen-bond donors (Lipinski definition) is 1. The highest BCUT2D eigenvalue weighted by molar-refractivity contribution is 8.00. The van der Waals surface area contributed by atoms with Crippen molar-refractivity contribution in [2.75, 3.05) is 31.9 Å². The second kappa shape index (κ2) is 4.51. The van der Waals surface area contributed by atoms with Crippen LogP contribution in [0.15, 0.2) is 0 Å². The maximum atomic E-state index is 3.87. The molecule has 0 aromatic carbocycles. The predicted octanol–water partition coefficient (Wildman–Crippen LogP) is 1.96. The maximum absolute atomic E-state index is 3.87. The van der Waals surface area contributed by atoms with Crippen molar-refractivity contribution in [1.82, 2.24) is 10.2 Å². The molecule has 0 aromatic rings. The molecule has 92 valence electrons. The van der Waals surface area contributed by atoms with Gasteiger partial charge in [0.2, 0.25) is 0 Å². The van der Waals surface area contributed by atoms with Crippen LogP contribution < -0.4 is 5.32 Å². The van der Waals surface area contributed by atoms with Crippen LogP contribution in [0.4, 0.5) is 0 Å². The van der Waals surface area contributed by atoms with E-state index in [2.05, 4.69) is 28.9 Å². The van der Waals surface area contributed by atoms with Gasteiger partial charge in [-0.05, 0) is 57.4 Å². The molecule has 2 atom stereocenters. The van der Waals surface area contributed by atoms with Crippen LogP contribution in [0.2, 0.25) is 0 Å². The minimum Gasteiger partial charge on any atom is -0.311 e. The molecule has 0 radical (unpaired) electrons. The third-order valence-electron chi connectivity index (χ3n) is 4.69. The van der Waals surface area contributed by atoms with E-state index in [1.54, 1.807) is 0 Å². The van der Waals surface area contributed by atoms with Gasteiger partial charge >= 0.3 is 0 Å². The molecule has 2 unspecified atom stereocenters. The SMILES string of the molecule is CC1(CNC2CN3CCC2CC3)CCCS1. The summed E-state index contributed by atoms with van der Waals surface area (Å²) < 4.78 is 0.534. The molecule has 0 spiro atoms. The van der Waals surface area contributed by atoms with Gasteiger partial charge < -0.3 is 10.2 Å². The Hall–Kier alpha value is 0.270. The summed E-state index contributed by atoms with van der Waals surface area (Å²) in [7, 11) is 0. The molecular weight excluding hydrogens is 216 g/mol. The Morgan fingerprint density at radius 1 is 1.38 bits per heavy atom. The summed E-state index contributed by atoms with van der Waals surface area (Å²) >= 11 is 2.18. The smallest absolute Gasteiger partial charge is 0.0256 e. The van der Waals surface area contributed by atoms with Crippen molar-refractivity contribution in [3.63, 3.8) is 0 Å². The lowest BCUT2D eigenvalue weighted by Crippen LogP contribution is -2.57. The van der Waals surface area contributed by atoms with E-state index >= 15 is 0 Å². The van der Waals surface area contributed by atoms with Crippen LogP contribution in [0.3, 0.4) is 0 Å². The van der Waals surface area contributed by atoms with Gasteiger partial charge in [0.15, 0.2) is 0 Å². The molecular formula is C13H24N2S. The first-order chi connectivity index (χ1) is 7.75. The molecule has 3 heteroatoms. The van der Waals surface area contributed by atoms with Crippen molar-refractivity contribution in [3.8, 4) is 0 Å². The number of thioether (sulfide) groups is 1. The molecule has 2 nitrogen and oxygen atoms in total. The van der Waals surface area contributed by atoms with E-state index in [0.717, 1.165) is 12.0 Å². The molecule has 4 rings (SSSR count). The highest BCUT2D eigenvalue weighted by Gasteiger charge is 2.36. The van der Waals surface area contributed by atoms with E-state index in [0.29, 0.717) is 4.75 Å². The van der Waals surface area contributed by atoms with E-state index in [-0.39, 0.29) is 0 Å². The lowest BCUT2D eigenvalue weighted by molar-refractivity contribution is 0.0718. The summed E-state index contributed by atoms with van der Waals surface area (Å²) in [5.74, 6) is 2.35. The van der Waals surface area contributed by atoms with Gasteiger partial charge in [0.05, 0.1) is 0 Å². The predicted molar refractivity (Wildman–Crippen MR) is 71.1 cm³/mol. The quantitative estimate of drug-likeness (QED) is 0.812. The topological polar surface area (TPSA) is 15.3 Å². The number of fused-ring (bicyclic) bond motifs is 3. The first-order valence-corrected chi connectivity index (χ1v) is 7.83. The standard InChI is InChI=1S/C13H24N2S/c1-13(5-2-8-16-13)10-14-12-9-15-6-3-11(12)4-7-15/h11-12,14H,2-10H2,1H3. The Bertz CT molecular complexity index is 242. The summed E-state index contributed by atoms with van der Waals surface area (Å²) in [5, 5.41) is 3.87. The van der Waals surface area contributed by atoms with E-state index in [4.69, 9.17) is 0 Å². The fourth-order valence-electron chi connectivity index (χ4n) is 3.52. The summed E-state index contributed by atoms with van der Waals surface area (Å²) in [5.41, 5.74) is 0. The van der Waals surface area contributed by atoms with Gasteiger partial charge in [-0.25, -0.2) is 0 Å². The van der Waals surface area contributed by atoms with Crippen LogP contribution in [0, 0.1) is 5.92 Å². The Morgan fingerprint density at radius 3 is 2.75 bits per heavy atom. The third kappa shape index (κ3) is 2.27. The molecule has 4 fully saturated rings. The summed E-state index contributed by atoms with van der Waals surface area (Å²) in [4.78, 5) is 2.64. The van der Waals surface area contributed by atoms with Gasteiger partial charge in [-0.15, -0.1) is 0 Å². The number of nitrogens with zero attached hydrogens (tertiary/aromatic N) is 1. The normalized spacial score (nSPS) is 47.4. The Kier molecular flexibility index (Phi) is 3.20. The number of hydrogen-bond acceptors (Lipinski definition) is 3. The van der Waals surface area contributed by atoms with Crippen LogP contribution in [0.25, 0.3) is 0 Å². The molecule has 16 heavy (non-hydrogen) atoms. The van der Waals surface area contributed by atoms with Gasteiger partial charge in [0, 0.05) is 23.9 Å². The number of rotatable bonds is 3. The van der Waals surface area contributed by atoms with E-state index < -0.39 is 0 Å². The average Bonchev–Trinajstić information content (AvgIpc) is 2.76. The Morgan fingerprint density at radius 2 is 2.19 bits per heavy atom. The van der Waals surface area contributed by atoms with Crippen LogP contribution in [-0.2, 0) is 0 Å². The van der Waals surface area contributed by atoms with Crippen molar-refractivity contribution in [3.05, 3.63) is 0 Å². The largest absolute Gasteiger partial charge is 0.311 e. The van der Waals surface area contributed by atoms with E-state index in [1.165, 1.54) is 57.6 Å². The second-order valence-corrected chi connectivity index (χ2v) is 7.71. The highest BCUT2D eigenvalue weighted by Crippen LogP contribution is 2.37. The first kappa shape index (κ1) is 11.4. The van der Waals surface area contributed by atoms with Gasteiger partial charge in [0.1, 0.15) is 0 Å². The minimum atomic E-state index is 0.534. The fourth-order valence-corrected chi connectivity index (χ4v) is 4.78. The molecule has 2 bridgehead atoms. The van der Waals surface area contributed by atoms with Crippen molar-refractivity contribution >= 4 is 11.8 Å². The van der Waals surface area contributed by atoms with Gasteiger partial charge in [0.25, 0.3) is 0 Å². The molecule has 0 aromatic heterocycles. The molecule has 4 saturated heterocycles. The van der Waals surface area contributed by atoms with E-state index in [9.17, 15) is 0 Å². The maximum Gasteiger partial charge on any atom is 0.0256 e. The van der Waals surface area contributed by atoms with Crippen molar-refractivity contribution in [1.29, 1.82) is 0 Å². The molecule has 1 N–H and O–H groups in total. The monoisotopic (exact) mass is 240 g/mol. The van der Waals surface area contributed by atoms with Gasteiger partial charge in [-0.1, -0.05) is 0 Å². The zero-order chi connectivity index (χ0) is 11.0. The second-order valence-electron chi connectivity index (χ2n) is 6.03. The minimum absolute atomic E-state index is 0.534. The van der Waals surface area contributed by atoms with Crippen molar-refractivity contribution in [2.24, 2.45) is 5.92 Å². The van der Waals surface area contributed by atoms with Crippen LogP contribution in [-0.4, -0.2) is 47.6 Å². The lowest BCUT2D eigenvalue weighted by atomic mass is 9.84. The molecule has 4 heterocycles.